The van der Waals surface area contributed by atoms with Gasteiger partial charge in [-0.25, -0.2) is 8.42 Å². The number of anilines is 2. The van der Waals surface area contributed by atoms with E-state index in [0.717, 1.165) is 18.2 Å². The monoisotopic (exact) mass is 369 g/mol. The van der Waals surface area contributed by atoms with Gasteiger partial charge in [-0.1, -0.05) is 17.7 Å². The van der Waals surface area contributed by atoms with Gasteiger partial charge in [0.15, 0.2) is 0 Å². The third kappa shape index (κ3) is 4.21. The number of nitro groups is 1. The minimum Gasteiger partial charge on any atom is -0.326 e. The summed E-state index contributed by atoms with van der Waals surface area (Å²) >= 11 is 5.67. The molecule has 0 radical (unpaired) electrons. The summed E-state index contributed by atoms with van der Waals surface area (Å²) in [6, 6.07) is 9.22. The number of nitrogens with one attached hydrogen (secondary N) is 2. The molecular weight excluding hydrogens is 358 g/mol. The number of rotatable bonds is 5. The Kier molecular flexibility index (Phi) is 5.05. The van der Waals surface area contributed by atoms with Gasteiger partial charge in [0.05, 0.1) is 15.5 Å². The van der Waals surface area contributed by atoms with Gasteiger partial charge in [0.2, 0.25) is 5.91 Å². The van der Waals surface area contributed by atoms with Crippen LogP contribution in [0.3, 0.4) is 0 Å². The van der Waals surface area contributed by atoms with Gasteiger partial charge >= 0.3 is 0 Å². The van der Waals surface area contributed by atoms with E-state index in [1.54, 1.807) is 12.1 Å². The Labute approximate surface area is 142 Å². The highest BCUT2D eigenvalue weighted by Gasteiger charge is 2.20. The van der Waals surface area contributed by atoms with Gasteiger partial charge in [-0.15, -0.1) is 0 Å². The molecule has 0 bridgehead atoms. The number of halogens is 1. The van der Waals surface area contributed by atoms with E-state index in [-0.39, 0.29) is 21.5 Å². The third-order valence-corrected chi connectivity index (χ3v) is 4.56. The van der Waals surface area contributed by atoms with Gasteiger partial charge < -0.3 is 5.32 Å². The van der Waals surface area contributed by atoms with Gasteiger partial charge in [0, 0.05) is 18.7 Å². The molecule has 0 fully saturated rings. The van der Waals surface area contributed by atoms with E-state index in [9.17, 15) is 23.3 Å². The van der Waals surface area contributed by atoms with Crippen LogP contribution in [0, 0.1) is 10.1 Å². The molecule has 0 spiro atoms. The minimum absolute atomic E-state index is 0.161. The predicted molar refractivity (Wildman–Crippen MR) is 89.7 cm³/mol. The lowest BCUT2D eigenvalue weighted by Crippen LogP contribution is -2.13. The minimum atomic E-state index is -4.06. The second kappa shape index (κ2) is 6.85. The summed E-state index contributed by atoms with van der Waals surface area (Å²) in [5.41, 5.74) is 0.0928. The first-order chi connectivity index (χ1) is 11.2. The third-order valence-electron chi connectivity index (χ3n) is 2.86. The van der Waals surface area contributed by atoms with Crippen molar-refractivity contribution in [2.24, 2.45) is 0 Å². The van der Waals surface area contributed by atoms with Crippen LogP contribution >= 0.6 is 11.6 Å². The Morgan fingerprint density at radius 2 is 1.83 bits per heavy atom. The quantitative estimate of drug-likeness (QED) is 0.620. The van der Waals surface area contributed by atoms with Crippen LogP contribution in [0.4, 0.5) is 17.1 Å². The van der Waals surface area contributed by atoms with Crippen molar-refractivity contribution in [3.8, 4) is 0 Å². The van der Waals surface area contributed by atoms with Gasteiger partial charge in [-0.2, -0.15) is 0 Å². The van der Waals surface area contributed by atoms with Crippen LogP contribution in [0.25, 0.3) is 0 Å². The number of carbonyl (C=O) groups excluding carboxylic acids is 1. The van der Waals surface area contributed by atoms with Crippen molar-refractivity contribution in [3.63, 3.8) is 0 Å². The summed E-state index contributed by atoms with van der Waals surface area (Å²) in [6.07, 6.45) is 0. The summed E-state index contributed by atoms with van der Waals surface area (Å²) in [5.74, 6) is -0.302. The fraction of sp³-hybridized carbons (Fsp3) is 0.0714. The predicted octanol–water partition coefficient (Wildman–Crippen LogP) is 3.01. The Hall–Kier alpha value is -2.65. The molecule has 0 heterocycles. The maximum Gasteiger partial charge on any atom is 0.289 e. The van der Waals surface area contributed by atoms with Crippen LogP contribution in [0.1, 0.15) is 6.92 Å². The highest BCUT2D eigenvalue weighted by molar-refractivity contribution is 7.92. The molecule has 2 aromatic rings. The number of nitrogens with zero attached hydrogens (tertiary/aromatic N) is 1. The molecule has 0 unspecified atom stereocenters. The van der Waals surface area contributed by atoms with Gasteiger partial charge in [-0.3, -0.25) is 19.6 Å². The standard InChI is InChI=1S/C14H12ClN3O5S/c1-9(19)16-10-3-2-4-11(7-10)17-24(22,23)12-5-6-13(15)14(8-12)18(20)21/h2-8,17H,1H3,(H,16,19). The number of benzene rings is 2. The second-order valence-corrected chi connectivity index (χ2v) is 6.83. The maximum atomic E-state index is 12.4. The molecule has 0 atom stereocenters. The Bertz CT molecular complexity index is 914. The largest absolute Gasteiger partial charge is 0.326 e. The van der Waals surface area contributed by atoms with E-state index in [0.29, 0.717) is 5.69 Å². The number of hydrogen-bond acceptors (Lipinski definition) is 5. The summed E-state index contributed by atoms with van der Waals surface area (Å²) in [6.45, 7) is 1.32. The first kappa shape index (κ1) is 17.7. The fourth-order valence-electron chi connectivity index (χ4n) is 1.88. The van der Waals surface area contributed by atoms with E-state index in [1.165, 1.54) is 19.1 Å². The van der Waals surface area contributed by atoms with Crippen LogP contribution < -0.4 is 10.0 Å². The lowest BCUT2D eigenvalue weighted by Gasteiger charge is -2.10. The molecule has 8 nitrogen and oxygen atoms in total. The maximum absolute atomic E-state index is 12.4. The van der Waals surface area contributed by atoms with Crippen LogP contribution in [0.5, 0.6) is 0 Å². The van der Waals surface area contributed by atoms with Gasteiger partial charge in [0.25, 0.3) is 15.7 Å². The van der Waals surface area contributed by atoms with Crippen molar-refractivity contribution >= 4 is 44.6 Å². The zero-order valence-corrected chi connectivity index (χ0v) is 13.9. The highest BCUT2D eigenvalue weighted by Crippen LogP contribution is 2.28. The molecule has 0 aliphatic heterocycles. The molecule has 0 saturated carbocycles. The Morgan fingerprint density at radius 1 is 1.17 bits per heavy atom. The molecule has 126 valence electrons. The van der Waals surface area contributed by atoms with Gasteiger partial charge in [-0.05, 0) is 30.3 Å². The lowest BCUT2D eigenvalue weighted by atomic mass is 10.3. The van der Waals surface area contributed by atoms with Crippen molar-refractivity contribution < 1.29 is 18.1 Å². The molecule has 2 aromatic carbocycles. The van der Waals surface area contributed by atoms with E-state index in [4.69, 9.17) is 11.6 Å². The molecule has 0 saturated heterocycles. The first-order valence-electron chi connectivity index (χ1n) is 6.53. The summed E-state index contributed by atoms with van der Waals surface area (Å²) < 4.78 is 27.0. The van der Waals surface area contributed by atoms with Crippen LogP contribution in [-0.2, 0) is 14.8 Å². The molecule has 0 aliphatic rings. The van der Waals surface area contributed by atoms with Crippen LogP contribution in [0.2, 0.25) is 5.02 Å². The van der Waals surface area contributed by atoms with E-state index in [1.807, 2.05) is 0 Å². The second-order valence-electron chi connectivity index (χ2n) is 4.74. The summed E-state index contributed by atoms with van der Waals surface area (Å²) in [5, 5.41) is 13.2. The number of hydrogen-bond donors (Lipinski definition) is 2. The number of amides is 1. The van der Waals surface area contributed by atoms with Crippen molar-refractivity contribution in [1.82, 2.24) is 0 Å². The number of carbonyl (C=O) groups is 1. The van der Waals surface area contributed by atoms with Crippen molar-refractivity contribution in [2.75, 3.05) is 10.0 Å². The summed E-state index contributed by atoms with van der Waals surface area (Å²) in [4.78, 5) is 20.8. The molecule has 24 heavy (non-hydrogen) atoms. The average molecular weight is 370 g/mol. The number of sulfonamides is 1. The number of nitro benzene ring substituents is 1. The molecular formula is C14H12ClN3O5S. The average Bonchev–Trinajstić information content (AvgIpc) is 2.46. The normalized spacial score (nSPS) is 10.9. The van der Waals surface area contributed by atoms with Crippen LogP contribution in [0.15, 0.2) is 47.4 Å². The molecule has 10 heteroatoms. The van der Waals surface area contributed by atoms with Gasteiger partial charge in [0.1, 0.15) is 5.02 Å². The zero-order chi connectivity index (χ0) is 17.9. The first-order valence-corrected chi connectivity index (χ1v) is 8.39. The molecule has 2 N–H and O–H groups in total. The van der Waals surface area contributed by atoms with E-state index in [2.05, 4.69) is 10.0 Å². The Morgan fingerprint density at radius 3 is 2.46 bits per heavy atom. The molecule has 0 aliphatic carbocycles. The van der Waals surface area contributed by atoms with Crippen LogP contribution in [-0.4, -0.2) is 19.2 Å². The van der Waals surface area contributed by atoms with Crippen molar-refractivity contribution in [1.29, 1.82) is 0 Å². The van der Waals surface area contributed by atoms with E-state index >= 15 is 0 Å². The topological polar surface area (TPSA) is 118 Å². The summed E-state index contributed by atoms with van der Waals surface area (Å²) in [7, 11) is -4.06. The van der Waals surface area contributed by atoms with Crippen molar-refractivity contribution in [3.05, 3.63) is 57.6 Å². The highest BCUT2D eigenvalue weighted by atomic mass is 35.5. The lowest BCUT2D eigenvalue weighted by molar-refractivity contribution is -0.384. The SMILES string of the molecule is CC(=O)Nc1cccc(NS(=O)(=O)c2ccc(Cl)c([N+](=O)[O-])c2)c1. The molecule has 2 rings (SSSR count). The zero-order valence-electron chi connectivity index (χ0n) is 12.3. The fourth-order valence-corrected chi connectivity index (χ4v) is 3.13. The molecule has 1 amide bonds. The molecule has 0 aromatic heterocycles. The van der Waals surface area contributed by atoms with E-state index < -0.39 is 20.6 Å². The smallest absolute Gasteiger partial charge is 0.289 e. The Balaban J connectivity index is 2.34. The van der Waals surface area contributed by atoms with Crippen molar-refractivity contribution in [2.45, 2.75) is 11.8 Å².